The van der Waals surface area contributed by atoms with Crippen LogP contribution < -0.4 is 9.47 Å². The molecule has 2 rings (SSSR count). The van der Waals surface area contributed by atoms with Gasteiger partial charge in [0.15, 0.2) is 11.5 Å². The predicted octanol–water partition coefficient (Wildman–Crippen LogP) is 3.13. The molecule has 118 valence electrons. The van der Waals surface area contributed by atoms with E-state index in [4.69, 9.17) is 9.47 Å². The van der Waals surface area contributed by atoms with Crippen molar-refractivity contribution in [3.05, 3.63) is 23.8 Å². The summed E-state index contributed by atoms with van der Waals surface area (Å²) in [7, 11) is 1.95. The summed E-state index contributed by atoms with van der Waals surface area (Å²) < 4.78 is 25.0. The summed E-state index contributed by atoms with van der Waals surface area (Å²) in [4.78, 5) is 0. The number of rotatable bonds is 5. The fraction of sp³-hybridized carbons (Fsp3) is 0.625. The van der Waals surface area contributed by atoms with E-state index in [2.05, 4.69) is 13.0 Å². The third-order valence-electron chi connectivity index (χ3n) is 3.68. The van der Waals surface area contributed by atoms with Crippen molar-refractivity contribution in [3.8, 4) is 11.5 Å². The number of hydrogen-bond acceptors (Lipinski definition) is 4. The Morgan fingerprint density at radius 3 is 2.57 bits per heavy atom. The van der Waals surface area contributed by atoms with Gasteiger partial charge in [-0.2, -0.15) is 0 Å². The second kappa shape index (κ2) is 6.46. The fourth-order valence-electron chi connectivity index (χ4n) is 2.44. The SMILES string of the molecule is CC[C@@H](Cc1ccc2c(c1)OCO2)N(C)[S+]([O-])C(C)(C)C. The van der Waals surface area contributed by atoms with Crippen LogP contribution in [0.5, 0.6) is 11.5 Å². The molecule has 21 heavy (non-hydrogen) atoms. The van der Waals surface area contributed by atoms with Crippen molar-refractivity contribution in [1.29, 1.82) is 0 Å². The van der Waals surface area contributed by atoms with Gasteiger partial charge in [0.25, 0.3) is 0 Å². The summed E-state index contributed by atoms with van der Waals surface area (Å²) in [5, 5.41) is 0. The van der Waals surface area contributed by atoms with Crippen LogP contribution in [0.25, 0.3) is 0 Å². The molecule has 0 aliphatic carbocycles. The topological polar surface area (TPSA) is 44.8 Å². The molecule has 1 unspecified atom stereocenters. The molecule has 0 fully saturated rings. The molecular weight excluding hydrogens is 286 g/mol. The Labute approximate surface area is 130 Å². The van der Waals surface area contributed by atoms with Crippen LogP contribution in [0.2, 0.25) is 0 Å². The minimum Gasteiger partial charge on any atom is -0.598 e. The average Bonchev–Trinajstić information content (AvgIpc) is 2.89. The van der Waals surface area contributed by atoms with Gasteiger partial charge in [-0.15, -0.1) is 4.31 Å². The quantitative estimate of drug-likeness (QED) is 0.784. The molecule has 0 amide bonds. The summed E-state index contributed by atoms with van der Waals surface area (Å²) in [6.45, 7) is 8.45. The van der Waals surface area contributed by atoms with Crippen LogP contribution >= 0.6 is 0 Å². The van der Waals surface area contributed by atoms with E-state index >= 15 is 0 Å². The highest BCUT2D eigenvalue weighted by atomic mass is 32.2. The van der Waals surface area contributed by atoms with Gasteiger partial charge in [0.2, 0.25) is 6.79 Å². The standard InChI is InChI=1S/C16H25NO3S/c1-6-13(17(5)21(18)16(2,3)4)9-12-7-8-14-15(10-12)20-11-19-14/h7-8,10,13H,6,9,11H2,1-5H3/t13-,21?/m0/s1. The first-order valence-corrected chi connectivity index (χ1v) is 8.47. The highest BCUT2D eigenvalue weighted by Gasteiger charge is 2.34. The van der Waals surface area contributed by atoms with Gasteiger partial charge in [-0.1, -0.05) is 13.0 Å². The molecule has 2 atom stereocenters. The molecule has 0 bridgehead atoms. The Morgan fingerprint density at radius 1 is 1.29 bits per heavy atom. The molecule has 1 aromatic carbocycles. The van der Waals surface area contributed by atoms with Crippen LogP contribution in [0.15, 0.2) is 18.2 Å². The van der Waals surface area contributed by atoms with Crippen molar-refractivity contribution >= 4 is 11.4 Å². The zero-order valence-electron chi connectivity index (χ0n) is 13.5. The van der Waals surface area contributed by atoms with Gasteiger partial charge in [0.1, 0.15) is 4.75 Å². The van der Waals surface area contributed by atoms with E-state index in [9.17, 15) is 4.55 Å². The Bertz CT molecular complexity index is 487. The summed E-state index contributed by atoms with van der Waals surface area (Å²) in [6.07, 6.45) is 1.80. The number of hydrogen-bond donors (Lipinski definition) is 0. The van der Waals surface area contributed by atoms with Gasteiger partial charge >= 0.3 is 0 Å². The smallest absolute Gasteiger partial charge is 0.231 e. The van der Waals surface area contributed by atoms with E-state index in [0.717, 1.165) is 24.3 Å². The van der Waals surface area contributed by atoms with Crippen LogP contribution in [0.4, 0.5) is 0 Å². The second-order valence-corrected chi connectivity index (χ2v) is 8.66. The lowest BCUT2D eigenvalue weighted by atomic mass is 10.0. The van der Waals surface area contributed by atoms with Crippen LogP contribution in [0, 0.1) is 0 Å². The maximum atomic E-state index is 12.5. The van der Waals surface area contributed by atoms with Crippen LogP contribution in [-0.4, -0.2) is 33.5 Å². The van der Waals surface area contributed by atoms with Crippen molar-refractivity contribution in [2.24, 2.45) is 0 Å². The highest BCUT2D eigenvalue weighted by molar-refractivity contribution is 7.90. The lowest BCUT2D eigenvalue weighted by Crippen LogP contribution is -2.46. The van der Waals surface area contributed by atoms with Gasteiger partial charge in [-0.3, -0.25) is 0 Å². The van der Waals surface area contributed by atoms with Crippen molar-refractivity contribution < 1.29 is 14.0 Å². The lowest BCUT2D eigenvalue weighted by Gasteiger charge is -2.34. The maximum absolute atomic E-state index is 12.5. The van der Waals surface area contributed by atoms with Crippen LogP contribution in [0.1, 0.15) is 39.7 Å². The summed E-state index contributed by atoms with van der Waals surface area (Å²) in [5.41, 5.74) is 1.18. The van der Waals surface area contributed by atoms with Gasteiger partial charge in [0.05, 0.1) is 6.04 Å². The maximum Gasteiger partial charge on any atom is 0.231 e. The van der Waals surface area contributed by atoms with Crippen molar-refractivity contribution in [1.82, 2.24) is 4.31 Å². The molecule has 0 saturated heterocycles. The molecule has 0 aromatic heterocycles. The lowest BCUT2D eigenvalue weighted by molar-refractivity contribution is 0.174. The fourth-order valence-corrected chi connectivity index (χ4v) is 3.80. The zero-order chi connectivity index (χ0) is 15.6. The van der Waals surface area contributed by atoms with Gasteiger partial charge < -0.3 is 14.0 Å². The number of ether oxygens (including phenoxy) is 2. The monoisotopic (exact) mass is 311 g/mol. The van der Waals surface area contributed by atoms with Gasteiger partial charge in [-0.25, -0.2) is 0 Å². The largest absolute Gasteiger partial charge is 0.598 e. The van der Waals surface area contributed by atoms with E-state index < -0.39 is 11.4 Å². The first-order chi connectivity index (χ1) is 9.82. The highest BCUT2D eigenvalue weighted by Crippen LogP contribution is 2.33. The zero-order valence-corrected chi connectivity index (χ0v) is 14.3. The second-order valence-electron chi connectivity index (χ2n) is 6.36. The van der Waals surface area contributed by atoms with E-state index in [1.807, 2.05) is 44.3 Å². The minimum atomic E-state index is -1.01. The van der Waals surface area contributed by atoms with E-state index in [0.29, 0.717) is 6.79 Å². The first kappa shape index (κ1) is 16.5. The number of nitrogens with zero attached hydrogens (tertiary/aromatic N) is 1. The van der Waals surface area contributed by atoms with E-state index in [1.165, 1.54) is 5.56 Å². The summed E-state index contributed by atoms with van der Waals surface area (Å²) in [6, 6.07) is 6.28. The van der Waals surface area contributed by atoms with Gasteiger partial charge in [0, 0.05) is 18.4 Å². The number of fused-ring (bicyclic) bond motifs is 1. The molecular formula is C16H25NO3S. The third kappa shape index (κ3) is 3.84. The average molecular weight is 311 g/mol. The predicted molar refractivity (Wildman–Crippen MR) is 86.0 cm³/mol. The molecule has 1 heterocycles. The molecule has 0 spiro atoms. The normalized spacial score (nSPS) is 17.1. The van der Waals surface area contributed by atoms with Gasteiger partial charge in [-0.05, 0) is 51.3 Å². The molecule has 1 aliphatic heterocycles. The third-order valence-corrected chi connectivity index (χ3v) is 5.55. The molecule has 5 heteroatoms. The van der Waals surface area contributed by atoms with Crippen molar-refractivity contribution in [2.75, 3.05) is 13.8 Å². The van der Waals surface area contributed by atoms with Crippen molar-refractivity contribution in [3.63, 3.8) is 0 Å². The summed E-state index contributed by atoms with van der Waals surface area (Å²) in [5.74, 6) is 1.61. The van der Waals surface area contributed by atoms with Crippen molar-refractivity contribution in [2.45, 2.75) is 51.3 Å². The van der Waals surface area contributed by atoms with Crippen LogP contribution in [-0.2, 0) is 17.8 Å². The molecule has 4 nitrogen and oxygen atoms in total. The van der Waals surface area contributed by atoms with E-state index in [-0.39, 0.29) is 10.8 Å². The number of benzene rings is 1. The van der Waals surface area contributed by atoms with E-state index in [1.54, 1.807) is 0 Å². The van der Waals surface area contributed by atoms with Crippen LogP contribution in [0.3, 0.4) is 0 Å². The number of likely N-dealkylation sites (N-methyl/N-ethyl adjacent to an activating group) is 1. The molecule has 0 N–H and O–H groups in total. The molecule has 0 radical (unpaired) electrons. The molecule has 1 aliphatic rings. The summed E-state index contributed by atoms with van der Waals surface area (Å²) >= 11 is -1.01. The Morgan fingerprint density at radius 2 is 1.95 bits per heavy atom. The minimum absolute atomic E-state index is 0.239. The molecule has 1 aromatic rings. The Kier molecular flexibility index (Phi) is 5.07. The Hall–Kier alpha value is -0.910. The Balaban J connectivity index is 2.08. The molecule has 0 saturated carbocycles. The first-order valence-electron chi connectivity index (χ1n) is 7.36.